The number of benzene rings is 1. The monoisotopic (exact) mass is 543 g/mol. The van der Waals surface area contributed by atoms with Crippen LogP contribution in [0.4, 0.5) is 13.9 Å². The van der Waals surface area contributed by atoms with Crippen LogP contribution in [-0.4, -0.2) is 65.6 Å². The molecule has 204 valence electrons. The van der Waals surface area contributed by atoms with Crippen molar-refractivity contribution in [1.82, 2.24) is 9.88 Å². The van der Waals surface area contributed by atoms with Gasteiger partial charge in [-0.25, -0.2) is 23.7 Å². The summed E-state index contributed by atoms with van der Waals surface area (Å²) in [6.07, 6.45) is 11.6. The molecule has 2 aromatic rings. The van der Waals surface area contributed by atoms with Gasteiger partial charge < -0.3 is 10.1 Å². The van der Waals surface area contributed by atoms with Gasteiger partial charge in [-0.3, -0.25) is 9.69 Å². The largest absolute Gasteiger partial charge is 0.370 e. The van der Waals surface area contributed by atoms with Crippen molar-refractivity contribution in [2.45, 2.75) is 76.4 Å². The summed E-state index contributed by atoms with van der Waals surface area (Å²) in [6.45, 7) is 3.09. The zero-order chi connectivity index (χ0) is 26.5. The topological polar surface area (TPSA) is 79.2 Å². The summed E-state index contributed by atoms with van der Waals surface area (Å²) in [5, 5.41) is 3.54. The van der Waals surface area contributed by atoms with Crippen LogP contribution < -0.4 is 5.32 Å². The number of aromatic nitrogens is 1. The molecule has 0 bridgehead atoms. The van der Waals surface area contributed by atoms with Crippen LogP contribution in [0.25, 0.3) is 16.3 Å². The fraction of sp³-hybridized carbons (Fsp3) is 0.571. The molecular weight excluding hydrogens is 508 g/mol. The van der Waals surface area contributed by atoms with Gasteiger partial charge in [-0.15, -0.1) is 0 Å². The molecule has 2 heterocycles. The number of alkyl halides is 2. The van der Waals surface area contributed by atoms with Gasteiger partial charge in [0.25, 0.3) is 5.92 Å². The number of rotatable bonds is 8. The Balaban J connectivity index is 1.13. The fourth-order valence-corrected chi connectivity index (χ4v) is 6.25. The van der Waals surface area contributed by atoms with Crippen molar-refractivity contribution in [3.8, 4) is 0 Å². The third kappa shape index (κ3) is 6.90. The number of halogens is 2. The van der Waals surface area contributed by atoms with Crippen LogP contribution in [0.5, 0.6) is 0 Å². The van der Waals surface area contributed by atoms with E-state index in [4.69, 9.17) is 4.74 Å². The number of aliphatic imine (C=N–C) groups is 2. The van der Waals surface area contributed by atoms with E-state index in [-0.39, 0.29) is 30.7 Å². The third-order valence-corrected chi connectivity index (χ3v) is 8.63. The summed E-state index contributed by atoms with van der Waals surface area (Å²) in [5.41, 5.74) is 1.81. The summed E-state index contributed by atoms with van der Waals surface area (Å²) in [5.74, 6) is -2.02. The third-order valence-electron chi connectivity index (χ3n) is 7.69. The lowest BCUT2D eigenvalue weighted by Gasteiger charge is -2.44. The lowest BCUT2D eigenvalue weighted by atomic mass is 9.78. The first kappa shape index (κ1) is 27.0. The van der Waals surface area contributed by atoms with Gasteiger partial charge >= 0.3 is 0 Å². The molecule has 38 heavy (non-hydrogen) atoms. The molecule has 2 saturated carbocycles. The van der Waals surface area contributed by atoms with E-state index in [1.54, 1.807) is 12.4 Å². The number of hydrogen-bond acceptors (Lipinski definition) is 6. The average Bonchev–Trinajstić information content (AvgIpc) is 3.52. The van der Waals surface area contributed by atoms with Gasteiger partial charge in [0.05, 0.1) is 16.3 Å². The first-order valence-electron chi connectivity index (χ1n) is 13.6. The number of amides is 1. The zero-order valence-electron chi connectivity index (χ0n) is 21.7. The molecule has 10 heteroatoms. The summed E-state index contributed by atoms with van der Waals surface area (Å²) >= 11 is 1.44. The second-order valence-electron chi connectivity index (χ2n) is 10.4. The Labute approximate surface area is 226 Å². The second-order valence-corrected chi connectivity index (χ2v) is 11.4. The van der Waals surface area contributed by atoms with Crippen LogP contribution in [-0.2, 0) is 9.53 Å². The highest BCUT2D eigenvalue weighted by Gasteiger charge is 2.42. The number of nitrogens with zero attached hydrogens (tertiary/aromatic N) is 4. The molecule has 1 aromatic heterocycles. The molecule has 7 nitrogen and oxygen atoms in total. The molecule has 0 radical (unpaired) electrons. The maximum atomic E-state index is 13.4. The molecule has 1 saturated heterocycles. The number of nitrogens with one attached hydrogen (secondary N) is 1. The van der Waals surface area contributed by atoms with Crippen LogP contribution in [0.3, 0.4) is 0 Å². The Morgan fingerprint density at radius 2 is 2.03 bits per heavy atom. The molecule has 0 unspecified atom stereocenters. The van der Waals surface area contributed by atoms with Crippen LogP contribution >= 0.6 is 11.3 Å². The highest BCUT2D eigenvalue weighted by Crippen LogP contribution is 2.37. The second kappa shape index (κ2) is 12.1. The van der Waals surface area contributed by atoms with Crippen molar-refractivity contribution in [3.05, 3.63) is 30.0 Å². The van der Waals surface area contributed by atoms with Gasteiger partial charge in [0.15, 0.2) is 11.0 Å². The van der Waals surface area contributed by atoms with Gasteiger partial charge in [-0.2, -0.15) is 0 Å². The summed E-state index contributed by atoms with van der Waals surface area (Å²) in [6, 6.07) is 6.16. The Hall–Kier alpha value is -2.56. The molecule has 2 aliphatic carbocycles. The molecule has 0 atom stereocenters. The standard InChI is InChI=1S/C28H35F2N5O2S/c1-2-31-25(18-37-22-5-3-4-6-22)32-12-9-19-7-8-23-24(15-19)38-27(33-23)34-26(36)20-16-21(17-20)35-13-10-28(29,30)11-14-35/h2,7-9,12,15,20-22H,3-6,10-11,13-14,16-18H2,1H3,(H,33,34,36)/b12-9+,31-2?,32-25?. The first-order chi connectivity index (χ1) is 18.4. The van der Waals surface area contributed by atoms with Crippen LogP contribution in [0.15, 0.2) is 34.4 Å². The van der Waals surface area contributed by atoms with Gasteiger partial charge in [0.1, 0.15) is 6.61 Å². The molecule has 1 aromatic carbocycles. The van der Waals surface area contributed by atoms with Gasteiger partial charge in [0, 0.05) is 50.3 Å². The number of ether oxygens (including phenoxy) is 1. The molecule has 1 amide bonds. The van der Waals surface area contributed by atoms with E-state index in [1.807, 2.05) is 31.2 Å². The quantitative estimate of drug-likeness (QED) is 0.319. The number of carbonyl (C=O) groups excluding carboxylic acids is 1. The number of amidine groups is 1. The Morgan fingerprint density at radius 1 is 1.26 bits per heavy atom. The van der Waals surface area contributed by atoms with Crippen molar-refractivity contribution in [3.63, 3.8) is 0 Å². The predicted octanol–water partition coefficient (Wildman–Crippen LogP) is 6.16. The SMILES string of the molecule is CC=NC(COC1CCCC1)=N/C=C/c1ccc2nc(NC(=O)C3CC(N4CCC(F)(F)CC4)C3)sc2c1. The van der Waals surface area contributed by atoms with Crippen molar-refractivity contribution in [2.24, 2.45) is 15.9 Å². The molecule has 1 aliphatic heterocycles. The molecule has 0 spiro atoms. The minimum atomic E-state index is -2.54. The minimum absolute atomic E-state index is 0.0408. The van der Waals surface area contributed by atoms with E-state index in [1.165, 1.54) is 24.2 Å². The summed E-state index contributed by atoms with van der Waals surface area (Å²) < 4.78 is 33.7. The molecule has 3 fully saturated rings. The number of piperidine rings is 1. The van der Waals surface area contributed by atoms with Gasteiger partial charge in [-0.1, -0.05) is 30.2 Å². The number of fused-ring (bicyclic) bond motifs is 1. The highest BCUT2D eigenvalue weighted by molar-refractivity contribution is 7.22. The summed E-state index contributed by atoms with van der Waals surface area (Å²) in [4.78, 5) is 28.2. The molecule has 3 aliphatic rings. The normalized spacial score (nSPS) is 25.0. The smallest absolute Gasteiger partial charge is 0.250 e. The molecule has 5 rings (SSSR count). The van der Waals surface area contributed by atoms with Crippen LogP contribution in [0.2, 0.25) is 0 Å². The molecular formula is C28H35F2N5O2S. The highest BCUT2D eigenvalue weighted by atomic mass is 32.1. The van der Waals surface area contributed by atoms with Gasteiger partial charge in [0.2, 0.25) is 5.91 Å². The Morgan fingerprint density at radius 3 is 2.76 bits per heavy atom. The Kier molecular flexibility index (Phi) is 8.60. The number of carbonyl (C=O) groups is 1. The van der Waals surface area contributed by atoms with E-state index >= 15 is 0 Å². The maximum absolute atomic E-state index is 13.4. The van der Waals surface area contributed by atoms with Crippen LogP contribution in [0, 0.1) is 5.92 Å². The lowest BCUT2D eigenvalue weighted by Crippen LogP contribution is -2.52. The van der Waals surface area contributed by atoms with Crippen molar-refractivity contribution in [2.75, 3.05) is 25.0 Å². The van der Waals surface area contributed by atoms with E-state index in [9.17, 15) is 13.6 Å². The number of hydrogen-bond donors (Lipinski definition) is 1. The molecule has 1 N–H and O–H groups in total. The predicted molar refractivity (Wildman–Crippen MR) is 149 cm³/mol. The Bertz CT molecular complexity index is 1210. The van der Waals surface area contributed by atoms with Crippen molar-refractivity contribution in [1.29, 1.82) is 0 Å². The average molecular weight is 544 g/mol. The summed E-state index contributed by atoms with van der Waals surface area (Å²) in [7, 11) is 0. The van der Waals surface area contributed by atoms with Crippen molar-refractivity contribution >= 4 is 50.7 Å². The fourth-order valence-electron chi connectivity index (χ4n) is 5.34. The van der Waals surface area contributed by atoms with Gasteiger partial charge in [-0.05, 0) is 56.4 Å². The minimum Gasteiger partial charge on any atom is -0.370 e. The number of likely N-dealkylation sites (tertiary alicyclic amines) is 1. The van der Waals surface area contributed by atoms with Crippen LogP contribution in [0.1, 0.15) is 63.9 Å². The van der Waals surface area contributed by atoms with E-state index in [0.29, 0.717) is 49.6 Å². The lowest BCUT2D eigenvalue weighted by molar-refractivity contribution is -0.126. The van der Waals surface area contributed by atoms with E-state index < -0.39 is 5.92 Å². The first-order valence-corrected chi connectivity index (χ1v) is 14.4. The van der Waals surface area contributed by atoms with Crippen molar-refractivity contribution < 1.29 is 18.3 Å². The zero-order valence-corrected chi connectivity index (χ0v) is 22.6. The van der Waals surface area contributed by atoms with E-state index in [2.05, 4.69) is 25.2 Å². The number of anilines is 1. The van der Waals surface area contributed by atoms with E-state index in [0.717, 1.165) is 28.6 Å². The number of thiazole rings is 1. The maximum Gasteiger partial charge on any atom is 0.250 e.